The van der Waals surface area contributed by atoms with E-state index >= 15 is 0 Å². The number of nitrogens with zero attached hydrogens (tertiary/aromatic N) is 4. The van der Waals surface area contributed by atoms with Crippen molar-refractivity contribution in [2.45, 2.75) is 19.3 Å². The second-order valence-electron chi connectivity index (χ2n) is 14.4. The van der Waals surface area contributed by atoms with Crippen LogP contribution in [0.25, 0.3) is 94.7 Å². The van der Waals surface area contributed by atoms with Crippen molar-refractivity contribution in [1.29, 1.82) is 0 Å². The predicted molar refractivity (Wildman–Crippen MR) is 215 cm³/mol. The Labute approximate surface area is 305 Å². The molecule has 0 atom stereocenters. The summed E-state index contributed by atoms with van der Waals surface area (Å²) < 4.78 is 9.15. The summed E-state index contributed by atoms with van der Waals surface area (Å²) in [6.07, 6.45) is 0. The van der Waals surface area contributed by atoms with Crippen molar-refractivity contribution in [1.82, 2.24) is 19.5 Å². The Hall–Kier alpha value is -6.85. The minimum Gasteiger partial charge on any atom is -0.454 e. The van der Waals surface area contributed by atoms with Gasteiger partial charge < -0.3 is 8.98 Å². The molecule has 0 saturated heterocycles. The van der Waals surface area contributed by atoms with Crippen molar-refractivity contribution >= 4 is 43.7 Å². The Kier molecular flexibility index (Phi) is 6.23. The van der Waals surface area contributed by atoms with Gasteiger partial charge in [0.15, 0.2) is 23.1 Å². The normalized spacial score (nSPS) is 13.2. The number of aromatic nitrogens is 4. The highest BCUT2D eigenvalue weighted by Gasteiger charge is 2.38. The van der Waals surface area contributed by atoms with Crippen molar-refractivity contribution in [2.75, 3.05) is 0 Å². The van der Waals surface area contributed by atoms with Gasteiger partial charge in [0.1, 0.15) is 5.58 Å². The number of rotatable bonds is 4. The van der Waals surface area contributed by atoms with E-state index < -0.39 is 0 Å². The summed E-state index contributed by atoms with van der Waals surface area (Å²) >= 11 is 0. The minimum absolute atomic E-state index is 0.230. The van der Waals surface area contributed by atoms with Crippen molar-refractivity contribution in [3.8, 4) is 51.0 Å². The third kappa shape index (κ3) is 4.28. The molecule has 53 heavy (non-hydrogen) atoms. The van der Waals surface area contributed by atoms with Crippen molar-refractivity contribution < 1.29 is 4.42 Å². The summed E-state index contributed by atoms with van der Waals surface area (Å²) in [6.45, 7) is 4.60. The van der Waals surface area contributed by atoms with Gasteiger partial charge in [-0.05, 0) is 46.5 Å². The molecule has 0 N–H and O–H groups in total. The summed E-state index contributed by atoms with van der Waals surface area (Å²) in [5.41, 5.74) is 12.5. The Morgan fingerprint density at radius 1 is 0.472 bits per heavy atom. The average molecular weight is 681 g/mol. The molecule has 10 aromatic rings. The van der Waals surface area contributed by atoms with E-state index in [9.17, 15) is 0 Å². The van der Waals surface area contributed by atoms with E-state index in [-0.39, 0.29) is 5.41 Å². The van der Waals surface area contributed by atoms with Gasteiger partial charge in [-0.25, -0.2) is 15.0 Å². The summed E-state index contributed by atoms with van der Waals surface area (Å²) in [5.74, 6) is 1.89. The van der Waals surface area contributed by atoms with Crippen LogP contribution in [0.2, 0.25) is 0 Å². The molecule has 5 heteroatoms. The topological polar surface area (TPSA) is 56.7 Å². The quantitative estimate of drug-likeness (QED) is 0.186. The van der Waals surface area contributed by atoms with Crippen LogP contribution in [-0.4, -0.2) is 19.5 Å². The van der Waals surface area contributed by atoms with Gasteiger partial charge in [0.2, 0.25) is 0 Å². The van der Waals surface area contributed by atoms with Crippen LogP contribution in [0, 0.1) is 0 Å². The molecule has 0 unspecified atom stereocenters. The average Bonchev–Trinajstić information content (AvgIpc) is 3.84. The van der Waals surface area contributed by atoms with E-state index in [1.165, 1.54) is 33.0 Å². The van der Waals surface area contributed by atoms with Crippen LogP contribution in [0.4, 0.5) is 0 Å². The molecule has 0 radical (unpaired) electrons. The highest BCUT2D eigenvalue weighted by molar-refractivity contribution is 6.15. The molecule has 3 heterocycles. The maximum Gasteiger partial charge on any atom is 0.164 e. The number of hydrogen-bond acceptors (Lipinski definition) is 4. The largest absolute Gasteiger partial charge is 0.454 e. The predicted octanol–water partition coefficient (Wildman–Crippen LogP) is 12.2. The van der Waals surface area contributed by atoms with Gasteiger partial charge in [0, 0.05) is 43.7 Å². The molecule has 7 aromatic carbocycles. The van der Waals surface area contributed by atoms with Gasteiger partial charge in [-0.3, -0.25) is 0 Å². The molecule has 0 aliphatic heterocycles. The van der Waals surface area contributed by atoms with E-state index in [0.717, 1.165) is 55.3 Å². The van der Waals surface area contributed by atoms with Crippen molar-refractivity contribution in [3.63, 3.8) is 0 Å². The zero-order valence-corrected chi connectivity index (χ0v) is 29.2. The third-order valence-corrected chi connectivity index (χ3v) is 11.1. The van der Waals surface area contributed by atoms with E-state index in [1.807, 2.05) is 30.3 Å². The fourth-order valence-electron chi connectivity index (χ4n) is 8.74. The van der Waals surface area contributed by atoms with Crippen molar-refractivity contribution in [3.05, 3.63) is 169 Å². The lowest BCUT2D eigenvalue weighted by Crippen LogP contribution is -2.17. The lowest BCUT2D eigenvalue weighted by atomic mass is 9.80. The van der Waals surface area contributed by atoms with Crippen LogP contribution in [0.15, 0.2) is 162 Å². The third-order valence-electron chi connectivity index (χ3n) is 11.1. The van der Waals surface area contributed by atoms with E-state index in [2.05, 4.69) is 146 Å². The lowest BCUT2D eigenvalue weighted by molar-refractivity contribution is 0.661. The first-order chi connectivity index (χ1) is 26.1. The molecule has 0 fully saturated rings. The van der Waals surface area contributed by atoms with Crippen molar-refractivity contribution in [2.24, 2.45) is 0 Å². The molecule has 11 rings (SSSR count). The number of benzene rings is 7. The monoisotopic (exact) mass is 680 g/mol. The first-order valence-corrected chi connectivity index (χ1v) is 18.0. The van der Waals surface area contributed by atoms with E-state index in [4.69, 9.17) is 19.4 Å². The molecule has 0 bridgehead atoms. The summed E-state index contributed by atoms with van der Waals surface area (Å²) in [6, 6.07) is 55.1. The van der Waals surface area contributed by atoms with Gasteiger partial charge in [0.25, 0.3) is 0 Å². The van der Waals surface area contributed by atoms with E-state index in [0.29, 0.717) is 17.5 Å². The fraction of sp³-hybridized carbons (Fsp3) is 0.0625. The molecule has 1 aliphatic rings. The number of para-hydroxylation sites is 3. The molecule has 250 valence electrons. The zero-order chi connectivity index (χ0) is 35.3. The van der Waals surface area contributed by atoms with Gasteiger partial charge in [0.05, 0.1) is 16.7 Å². The SMILES string of the molecule is CC1(C)c2ccccc2-c2cccc(-c3nc(-c4ccccc4)nc(-c4cccc5oc6c(-n7c8ccccc8c8ccccc87)cccc6c45)n3)c21. The molecule has 3 aromatic heterocycles. The first kappa shape index (κ1) is 29.8. The Balaban J connectivity index is 1.17. The van der Waals surface area contributed by atoms with Gasteiger partial charge in [-0.2, -0.15) is 0 Å². The standard InChI is InChI=1S/C48H32N4O/c1-48(2)37-24-9-6-17-30(37)33-20-12-23-36(43(33)48)47-50-45(29-15-4-3-5-16-29)49-46(51-47)35-22-14-28-41-42(35)34-21-13-27-40(44(34)53-41)52-38-25-10-7-18-31(38)32-19-8-11-26-39(32)52/h3-28H,1-2H3. The highest BCUT2D eigenvalue weighted by Crippen LogP contribution is 2.52. The second-order valence-corrected chi connectivity index (χ2v) is 14.4. The number of furan rings is 1. The first-order valence-electron chi connectivity index (χ1n) is 18.0. The molecule has 0 amide bonds. The van der Waals surface area contributed by atoms with Crippen LogP contribution >= 0.6 is 0 Å². The maximum atomic E-state index is 6.83. The molecule has 0 spiro atoms. The molecule has 0 saturated carbocycles. The van der Waals surface area contributed by atoms with Crippen LogP contribution in [-0.2, 0) is 5.41 Å². The maximum absolute atomic E-state index is 6.83. The minimum atomic E-state index is -0.230. The molecular weight excluding hydrogens is 649 g/mol. The smallest absolute Gasteiger partial charge is 0.164 e. The zero-order valence-electron chi connectivity index (χ0n) is 29.2. The summed E-state index contributed by atoms with van der Waals surface area (Å²) in [7, 11) is 0. The Morgan fingerprint density at radius 2 is 1.04 bits per heavy atom. The van der Waals surface area contributed by atoms with Crippen LogP contribution in [0.3, 0.4) is 0 Å². The van der Waals surface area contributed by atoms with Crippen LogP contribution < -0.4 is 0 Å². The summed E-state index contributed by atoms with van der Waals surface area (Å²) in [4.78, 5) is 15.7. The number of fused-ring (bicyclic) bond motifs is 9. The Bertz CT molecular complexity index is 3040. The second kappa shape index (κ2) is 11.1. The number of hydrogen-bond donors (Lipinski definition) is 0. The fourth-order valence-corrected chi connectivity index (χ4v) is 8.74. The molecule has 5 nitrogen and oxygen atoms in total. The van der Waals surface area contributed by atoms with Gasteiger partial charge in [-0.15, -0.1) is 0 Å². The molecule has 1 aliphatic carbocycles. The molecular formula is C48H32N4O. The highest BCUT2D eigenvalue weighted by atomic mass is 16.3. The van der Waals surface area contributed by atoms with Crippen LogP contribution in [0.5, 0.6) is 0 Å². The summed E-state index contributed by atoms with van der Waals surface area (Å²) in [5, 5.41) is 4.41. The van der Waals surface area contributed by atoms with Gasteiger partial charge in [-0.1, -0.05) is 147 Å². The van der Waals surface area contributed by atoms with Crippen LogP contribution in [0.1, 0.15) is 25.0 Å². The Morgan fingerprint density at radius 3 is 1.83 bits per heavy atom. The van der Waals surface area contributed by atoms with E-state index in [1.54, 1.807) is 0 Å². The lowest BCUT2D eigenvalue weighted by Gasteiger charge is -2.24. The van der Waals surface area contributed by atoms with Gasteiger partial charge >= 0.3 is 0 Å².